The monoisotopic (exact) mass is 382 g/mol. The number of rotatable bonds is 6. The Morgan fingerprint density at radius 1 is 0.897 bits per heavy atom. The first-order valence-corrected chi connectivity index (χ1v) is 9.63. The van der Waals surface area contributed by atoms with Crippen molar-refractivity contribution in [3.63, 3.8) is 0 Å². The Hall–Kier alpha value is -3.73. The second kappa shape index (κ2) is 8.52. The number of hydrogen-bond donors (Lipinski definition) is 1. The van der Waals surface area contributed by atoms with Crippen molar-refractivity contribution < 1.29 is 4.74 Å². The van der Waals surface area contributed by atoms with Gasteiger partial charge in [0.25, 0.3) is 0 Å². The molecule has 5 heteroatoms. The Labute approximate surface area is 169 Å². The van der Waals surface area contributed by atoms with Gasteiger partial charge < -0.3 is 10.5 Å². The van der Waals surface area contributed by atoms with E-state index in [2.05, 4.69) is 22.1 Å². The zero-order chi connectivity index (χ0) is 20.1. The number of nitrogens with two attached hydrogens (primary N) is 1. The lowest BCUT2D eigenvalue weighted by molar-refractivity contribution is 0.318. The Bertz CT molecular complexity index is 1150. The lowest BCUT2D eigenvalue weighted by atomic mass is 10.1. The first kappa shape index (κ1) is 18.6. The van der Waals surface area contributed by atoms with Crippen LogP contribution >= 0.6 is 0 Å². The summed E-state index contributed by atoms with van der Waals surface area (Å²) in [6.45, 7) is 2.76. The van der Waals surface area contributed by atoms with E-state index in [4.69, 9.17) is 10.5 Å². The van der Waals surface area contributed by atoms with Crippen LogP contribution in [0, 0.1) is 0 Å². The Morgan fingerprint density at radius 3 is 2.55 bits per heavy atom. The second-order valence-corrected chi connectivity index (χ2v) is 6.67. The number of fused-ring (bicyclic) bond motifs is 1. The fourth-order valence-corrected chi connectivity index (χ4v) is 3.10. The predicted molar refractivity (Wildman–Crippen MR) is 118 cm³/mol. The van der Waals surface area contributed by atoms with Gasteiger partial charge in [-0.3, -0.25) is 4.98 Å². The SMILES string of the molecule is CCCOc1ccccc1-c1ccc(N=Nc2ccc3ccccc3c2N)cn1. The van der Waals surface area contributed by atoms with E-state index in [-0.39, 0.29) is 0 Å². The quantitative estimate of drug-likeness (QED) is 0.298. The molecule has 0 aliphatic carbocycles. The average Bonchev–Trinajstić information content (AvgIpc) is 2.78. The van der Waals surface area contributed by atoms with Crippen molar-refractivity contribution in [2.24, 2.45) is 10.2 Å². The maximum atomic E-state index is 6.26. The van der Waals surface area contributed by atoms with Crippen LogP contribution < -0.4 is 10.5 Å². The third kappa shape index (κ3) is 4.09. The summed E-state index contributed by atoms with van der Waals surface area (Å²) in [5.74, 6) is 0.833. The highest BCUT2D eigenvalue weighted by molar-refractivity contribution is 5.97. The fraction of sp³-hybridized carbons (Fsp3) is 0.125. The van der Waals surface area contributed by atoms with E-state index in [0.29, 0.717) is 23.7 Å². The molecule has 0 spiro atoms. The molecule has 3 aromatic carbocycles. The van der Waals surface area contributed by atoms with Gasteiger partial charge in [-0.1, -0.05) is 49.4 Å². The van der Waals surface area contributed by atoms with Crippen molar-refractivity contribution in [2.45, 2.75) is 13.3 Å². The Kier molecular flexibility index (Phi) is 5.47. The minimum atomic E-state index is 0.624. The summed E-state index contributed by atoms with van der Waals surface area (Å²) in [6.07, 6.45) is 2.66. The molecule has 0 aliphatic rings. The van der Waals surface area contributed by atoms with E-state index >= 15 is 0 Å². The Balaban J connectivity index is 1.57. The molecular formula is C24H22N4O. The van der Waals surface area contributed by atoms with Gasteiger partial charge in [0.15, 0.2) is 0 Å². The van der Waals surface area contributed by atoms with Crippen LogP contribution in [-0.4, -0.2) is 11.6 Å². The van der Waals surface area contributed by atoms with Gasteiger partial charge in [0, 0.05) is 10.9 Å². The number of nitrogens with zero attached hydrogens (tertiary/aromatic N) is 3. The lowest BCUT2D eigenvalue weighted by Gasteiger charge is -2.10. The maximum absolute atomic E-state index is 6.26. The number of benzene rings is 3. The first-order valence-electron chi connectivity index (χ1n) is 9.63. The highest BCUT2D eigenvalue weighted by Crippen LogP contribution is 2.33. The molecule has 1 heterocycles. The molecule has 0 fully saturated rings. The zero-order valence-corrected chi connectivity index (χ0v) is 16.2. The summed E-state index contributed by atoms with van der Waals surface area (Å²) >= 11 is 0. The Morgan fingerprint density at radius 2 is 1.72 bits per heavy atom. The third-order valence-corrected chi connectivity index (χ3v) is 4.59. The molecule has 4 aromatic rings. The van der Waals surface area contributed by atoms with Crippen molar-refractivity contribution >= 4 is 27.8 Å². The summed E-state index contributed by atoms with van der Waals surface area (Å²) in [6, 6.07) is 23.6. The topological polar surface area (TPSA) is 72.9 Å². The number of anilines is 1. The minimum Gasteiger partial charge on any atom is -0.493 e. The molecule has 2 N–H and O–H groups in total. The molecule has 1 aromatic heterocycles. The zero-order valence-electron chi connectivity index (χ0n) is 16.2. The van der Waals surface area contributed by atoms with E-state index in [1.165, 1.54) is 0 Å². The van der Waals surface area contributed by atoms with Crippen LogP contribution in [0.25, 0.3) is 22.0 Å². The number of nitrogen functional groups attached to an aromatic ring is 1. The lowest BCUT2D eigenvalue weighted by Crippen LogP contribution is -1.97. The minimum absolute atomic E-state index is 0.624. The van der Waals surface area contributed by atoms with E-state index in [1.54, 1.807) is 6.20 Å². The van der Waals surface area contributed by atoms with Crippen molar-refractivity contribution in [1.29, 1.82) is 0 Å². The molecule has 0 saturated heterocycles. The highest BCUT2D eigenvalue weighted by Gasteiger charge is 2.07. The third-order valence-electron chi connectivity index (χ3n) is 4.59. The van der Waals surface area contributed by atoms with E-state index in [9.17, 15) is 0 Å². The van der Waals surface area contributed by atoms with Gasteiger partial charge in [-0.05, 0) is 42.1 Å². The van der Waals surface area contributed by atoms with Crippen molar-refractivity contribution in [3.05, 3.63) is 79.0 Å². The average molecular weight is 382 g/mol. The summed E-state index contributed by atoms with van der Waals surface area (Å²) in [7, 11) is 0. The predicted octanol–water partition coefficient (Wildman–Crippen LogP) is 6.69. The van der Waals surface area contributed by atoms with E-state index in [1.807, 2.05) is 72.8 Å². The molecule has 29 heavy (non-hydrogen) atoms. The van der Waals surface area contributed by atoms with Crippen molar-refractivity contribution in [3.8, 4) is 17.0 Å². The number of hydrogen-bond acceptors (Lipinski definition) is 5. The number of ether oxygens (including phenoxy) is 1. The molecule has 0 atom stereocenters. The van der Waals surface area contributed by atoms with E-state index in [0.717, 1.165) is 34.2 Å². The van der Waals surface area contributed by atoms with Gasteiger partial charge in [-0.25, -0.2) is 0 Å². The van der Waals surface area contributed by atoms with Crippen LogP contribution in [0.4, 0.5) is 17.1 Å². The van der Waals surface area contributed by atoms with Gasteiger partial charge in [0.05, 0.1) is 24.2 Å². The van der Waals surface area contributed by atoms with Crippen LogP contribution in [0.5, 0.6) is 5.75 Å². The summed E-state index contributed by atoms with van der Waals surface area (Å²) in [5.41, 5.74) is 9.98. The van der Waals surface area contributed by atoms with Crippen molar-refractivity contribution in [2.75, 3.05) is 12.3 Å². The normalized spacial score (nSPS) is 11.2. The summed E-state index contributed by atoms with van der Waals surface area (Å²) in [5, 5.41) is 10.7. The smallest absolute Gasteiger partial charge is 0.128 e. The molecule has 0 amide bonds. The largest absolute Gasteiger partial charge is 0.493 e. The van der Waals surface area contributed by atoms with Crippen molar-refractivity contribution in [1.82, 2.24) is 4.98 Å². The molecule has 4 rings (SSSR count). The van der Waals surface area contributed by atoms with Crippen LogP contribution in [0.2, 0.25) is 0 Å². The van der Waals surface area contributed by atoms with Gasteiger partial charge in [-0.2, -0.15) is 0 Å². The first-order chi connectivity index (χ1) is 14.3. The number of pyridine rings is 1. The second-order valence-electron chi connectivity index (χ2n) is 6.67. The summed E-state index contributed by atoms with van der Waals surface area (Å²) in [4.78, 5) is 4.54. The standard InChI is InChI=1S/C24H22N4O/c1-2-15-29-23-10-6-5-9-20(23)21-14-12-18(16-26-21)27-28-22-13-11-17-7-3-4-8-19(17)24(22)25/h3-14,16H,2,15,25H2,1H3. The molecule has 0 aliphatic heterocycles. The fourth-order valence-electron chi connectivity index (χ4n) is 3.10. The summed E-state index contributed by atoms with van der Waals surface area (Å²) < 4.78 is 5.83. The van der Waals surface area contributed by atoms with Gasteiger partial charge in [-0.15, -0.1) is 10.2 Å². The molecule has 144 valence electrons. The van der Waals surface area contributed by atoms with Crippen LogP contribution in [0.15, 0.2) is 89.2 Å². The molecule has 0 radical (unpaired) electrons. The van der Waals surface area contributed by atoms with Gasteiger partial charge in [0.2, 0.25) is 0 Å². The molecule has 0 unspecified atom stereocenters. The van der Waals surface area contributed by atoms with Crippen LogP contribution in [-0.2, 0) is 0 Å². The molecule has 0 bridgehead atoms. The van der Waals surface area contributed by atoms with Gasteiger partial charge >= 0.3 is 0 Å². The molecule has 0 saturated carbocycles. The van der Waals surface area contributed by atoms with Crippen LogP contribution in [0.3, 0.4) is 0 Å². The number of para-hydroxylation sites is 1. The molecular weight excluding hydrogens is 360 g/mol. The highest BCUT2D eigenvalue weighted by atomic mass is 16.5. The van der Waals surface area contributed by atoms with Gasteiger partial charge in [0.1, 0.15) is 17.1 Å². The maximum Gasteiger partial charge on any atom is 0.128 e. The van der Waals surface area contributed by atoms with E-state index < -0.39 is 0 Å². The van der Waals surface area contributed by atoms with Crippen LogP contribution in [0.1, 0.15) is 13.3 Å². The number of aromatic nitrogens is 1. The number of azo groups is 1. The molecule has 5 nitrogen and oxygen atoms in total.